The summed E-state index contributed by atoms with van der Waals surface area (Å²) in [5.74, 6) is 1.51. The van der Waals surface area contributed by atoms with E-state index in [4.69, 9.17) is 4.42 Å². The molecule has 0 radical (unpaired) electrons. The molecule has 2 atom stereocenters. The van der Waals surface area contributed by atoms with Crippen LogP contribution in [0.15, 0.2) is 21.2 Å². The number of furan rings is 1. The first kappa shape index (κ1) is 11.2. The third-order valence-electron chi connectivity index (χ3n) is 2.72. The van der Waals surface area contributed by atoms with Gasteiger partial charge in [-0.2, -0.15) is 0 Å². The molecular weight excluding hydrogens is 258 g/mol. The summed E-state index contributed by atoms with van der Waals surface area (Å²) in [6.07, 6.45) is 0.727. The first-order valence-corrected chi connectivity index (χ1v) is 6.07. The second-order valence-electron chi connectivity index (χ2n) is 4.39. The molecular formula is C11H16BrNO2. The third-order valence-corrected chi connectivity index (χ3v) is 3.15. The number of aliphatic hydroxyl groups excluding tert-OH is 1. The number of nitrogens with zero attached hydrogens (tertiary/aromatic N) is 1. The Bertz CT molecular complexity index is 316. The molecule has 1 saturated heterocycles. The molecule has 3 nitrogen and oxygen atoms in total. The number of hydrogen-bond donors (Lipinski definition) is 1. The van der Waals surface area contributed by atoms with Gasteiger partial charge < -0.3 is 9.52 Å². The van der Waals surface area contributed by atoms with Gasteiger partial charge in [0.05, 0.1) is 12.6 Å². The quantitative estimate of drug-likeness (QED) is 0.898. The lowest BCUT2D eigenvalue weighted by atomic mass is 9.98. The van der Waals surface area contributed by atoms with Crippen LogP contribution in [0, 0.1) is 5.92 Å². The minimum absolute atomic E-state index is 0.188. The van der Waals surface area contributed by atoms with Gasteiger partial charge in [0.1, 0.15) is 5.76 Å². The Morgan fingerprint density at radius 1 is 1.53 bits per heavy atom. The molecule has 1 N–H and O–H groups in total. The van der Waals surface area contributed by atoms with Gasteiger partial charge in [-0.15, -0.1) is 0 Å². The Labute approximate surface area is 98.2 Å². The van der Waals surface area contributed by atoms with E-state index in [1.807, 2.05) is 12.1 Å². The fourth-order valence-electron chi connectivity index (χ4n) is 2.21. The molecule has 4 heteroatoms. The second-order valence-corrected chi connectivity index (χ2v) is 5.18. The summed E-state index contributed by atoms with van der Waals surface area (Å²) >= 11 is 3.29. The van der Waals surface area contributed by atoms with Gasteiger partial charge in [0.15, 0.2) is 4.67 Å². The number of piperidine rings is 1. The lowest BCUT2D eigenvalue weighted by molar-refractivity contribution is 0.0376. The summed E-state index contributed by atoms with van der Waals surface area (Å²) in [4.78, 5) is 2.24. The van der Waals surface area contributed by atoms with Crippen LogP contribution in [-0.4, -0.2) is 29.2 Å². The smallest absolute Gasteiger partial charge is 0.169 e. The first-order chi connectivity index (χ1) is 7.13. The standard InChI is InChI=1S/C11H16BrNO2/c1-8-4-9(14)6-13(5-8)7-10-2-3-11(12)15-10/h2-3,8-9,14H,4-7H2,1H3. The van der Waals surface area contributed by atoms with Crippen LogP contribution in [0.5, 0.6) is 0 Å². The Balaban J connectivity index is 1.94. The van der Waals surface area contributed by atoms with Gasteiger partial charge in [-0.05, 0) is 40.4 Å². The molecule has 2 heterocycles. The Kier molecular flexibility index (Phi) is 3.49. The van der Waals surface area contributed by atoms with E-state index in [1.165, 1.54) is 0 Å². The highest BCUT2D eigenvalue weighted by Crippen LogP contribution is 2.20. The zero-order valence-corrected chi connectivity index (χ0v) is 10.4. The van der Waals surface area contributed by atoms with Crippen LogP contribution in [0.1, 0.15) is 19.1 Å². The fourth-order valence-corrected chi connectivity index (χ4v) is 2.55. The molecule has 0 amide bonds. The monoisotopic (exact) mass is 273 g/mol. The molecule has 15 heavy (non-hydrogen) atoms. The highest BCUT2D eigenvalue weighted by Gasteiger charge is 2.23. The van der Waals surface area contributed by atoms with Gasteiger partial charge in [0.25, 0.3) is 0 Å². The van der Waals surface area contributed by atoms with E-state index >= 15 is 0 Å². The molecule has 84 valence electrons. The first-order valence-electron chi connectivity index (χ1n) is 5.28. The van der Waals surface area contributed by atoms with E-state index in [9.17, 15) is 5.11 Å². The van der Waals surface area contributed by atoms with E-state index in [0.29, 0.717) is 5.92 Å². The van der Waals surface area contributed by atoms with Gasteiger partial charge in [0, 0.05) is 13.1 Å². The average Bonchev–Trinajstić information content (AvgIpc) is 2.49. The molecule has 0 aromatic carbocycles. The van der Waals surface area contributed by atoms with Crippen LogP contribution in [0.25, 0.3) is 0 Å². The highest BCUT2D eigenvalue weighted by molar-refractivity contribution is 9.10. The zero-order valence-electron chi connectivity index (χ0n) is 8.82. The van der Waals surface area contributed by atoms with Gasteiger partial charge in [0.2, 0.25) is 0 Å². The molecule has 1 aromatic heterocycles. The summed E-state index contributed by atoms with van der Waals surface area (Å²) in [7, 11) is 0. The summed E-state index contributed by atoms with van der Waals surface area (Å²) in [5.41, 5.74) is 0. The largest absolute Gasteiger partial charge is 0.453 e. The Morgan fingerprint density at radius 2 is 2.33 bits per heavy atom. The number of rotatable bonds is 2. The normalized spacial score (nSPS) is 28.2. The summed E-state index contributed by atoms with van der Waals surface area (Å²) in [6.45, 7) is 4.75. The van der Waals surface area contributed by atoms with Crippen molar-refractivity contribution in [1.82, 2.24) is 4.90 Å². The molecule has 1 aliphatic rings. The molecule has 2 rings (SSSR count). The van der Waals surface area contributed by atoms with Gasteiger partial charge >= 0.3 is 0 Å². The maximum atomic E-state index is 9.65. The lowest BCUT2D eigenvalue weighted by Gasteiger charge is -2.33. The van der Waals surface area contributed by atoms with Crippen molar-refractivity contribution < 1.29 is 9.52 Å². The summed E-state index contributed by atoms with van der Waals surface area (Å²) < 4.78 is 6.22. The van der Waals surface area contributed by atoms with Gasteiger partial charge in [-0.3, -0.25) is 4.90 Å². The van der Waals surface area contributed by atoms with Crippen LogP contribution in [0.2, 0.25) is 0 Å². The molecule has 1 fully saturated rings. The van der Waals surface area contributed by atoms with E-state index in [2.05, 4.69) is 27.8 Å². The molecule has 0 saturated carbocycles. The van der Waals surface area contributed by atoms with E-state index in [0.717, 1.165) is 36.5 Å². The fraction of sp³-hybridized carbons (Fsp3) is 0.636. The predicted molar refractivity (Wildman–Crippen MR) is 61.5 cm³/mol. The van der Waals surface area contributed by atoms with Crippen molar-refractivity contribution in [3.63, 3.8) is 0 Å². The van der Waals surface area contributed by atoms with Crippen molar-refractivity contribution in [2.75, 3.05) is 13.1 Å². The van der Waals surface area contributed by atoms with Crippen molar-refractivity contribution in [2.24, 2.45) is 5.92 Å². The molecule has 0 spiro atoms. The summed E-state index contributed by atoms with van der Waals surface area (Å²) in [6, 6.07) is 3.87. The van der Waals surface area contributed by atoms with Crippen molar-refractivity contribution in [1.29, 1.82) is 0 Å². The summed E-state index contributed by atoms with van der Waals surface area (Å²) in [5, 5.41) is 9.65. The van der Waals surface area contributed by atoms with Crippen molar-refractivity contribution >= 4 is 15.9 Å². The Hall–Kier alpha value is -0.320. The van der Waals surface area contributed by atoms with Crippen LogP contribution in [0.3, 0.4) is 0 Å². The molecule has 0 bridgehead atoms. The minimum atomic E-state index is -0.188. The number of halogens is 1. The number of β-amino-alcohol motifs (C(OH)–C–C–N with tert-alkyl or cyclic N) is 1. The van der Waals surface area contributed by atoms with E-state index in [1.54, 1.807) is 0 Å². The maximum absolute atomic E-state index is 9.65. The van der Waals surface area contributed by atoms with Crippen LogP contribution >= 0.6 is 15.9 Å². The lowest BCUT2D eigenvalue weighted by Crippen LogP contribution is -2.41. The van der Waals surface area contributed by atoms with Crippen LogP contribution < -0.4 is 0 Å². The molecule has 1 aromatic rings. The topological polar surface area (TPSA) is 36.6 Å². The van der Waals surface area contributed by atoms with Crippen LogP contribution in [-0.2, 0) is 6.54 Å². The molecule has 0 aliphatic carbocycles. The number of hydrogen-bond acceptors (Lipinski definition) is 3. The van der Waals surface area contributed by atoms with Gasteiger partial charge in [-0.1, -0.05) is 6.92 Å². The van der Waals surface area contributed by atoms with Crippen molar-refractivity contribution in [2.45, 2.75) is 26.0 Å². The maximum Gasteiger partial charge on any atom is 0.169 e. The van der Waals surface area contributed by atoms with Crippen molar-refractivity contribution in [3.05, 3.63) is 22.6 Å². The van der Waals surface area contributed by atoms with E-state index < -0.39 is 0 Å². The number of likely N-dealkylation sites (tertiary alicyclic amines) is 1. The average molecular weight is 274 g/mol. The predicted octanol–water partition coefficient (Wildman–Crippen LogP) is 2.24. The SMILES string of the molecule is CC1CC(O)CN(Cc2ccc(Br)o2)C1. The zero-order chi connectivity index (χ0) is 10.8. The van der Waals surface area contributed by atoms with E-state index in [-0.39, 0.29) is 6.10 Å². The molecule has 2 unspecified atom stereocenters. The molecule has 1 aliphatic heterocycles. The minimum Gasteiger partial charge on any atom is -0.453 e. The Morgan fingerprint density at radius 3 is 2.93 bits per heavy atom. The van der Waals surface area contributed by atoms with Crippen LogP contribution in [0.4, 0.5) is 0 Å². The van der Waals surface area contributed by atoms with Gasteiger partial charge in [-0.25, -0.2) is 0 Å². The third kappa shape index (κ3) is 3.06. The second kappa shape index (κ2) is 4.68. The highest BCUT2D eigenvalue weighted by atomic mass is 79.9. The number of aliphatic hydroxyl groups is 1. The van der Waals surface area contributed by atoms with Crippen molar-refractivity contribution in [3.8, 4) is 0 Å².